The summed E-state index contributed by atoms with van der Waals surface area (Å²) in [5.74, 6) is 0.160. The Labute approximate surface area is 123 Å². The van der Waals surface area contributed by atoms with Crippen LogP contribution in [0, 0.1) is 0 Å². The van der Waals surface area contributed by atoms with E-state index in [2.05, 4.69) is 0 Å². The Morgan fingerprint density at radius 1 is 0.857 bits per heavy atom. The molecule has 0 radical (unpaired) electrons. The number of aliphatic hydroxyl groups is 3. The zero-order valence-corrected chi connectivity index (χ0v) is 11.6. The van der Waals surface area contributed by atoms with Crippen molar-refractivity contribution >= 4 is 5.78 Å². The molecular formula is C17H18O4. The van der Waals surface area contributed by atoms with Crippen molar-refractivity contribution in [3.63, 3.8) is 0 Å². The van der Waals surface area contributed by atoms with Crippen LogP contribution in [0.3, 0.4) is 0 Å². The highest BCUT2D eigenvalue weighted by Crippen LogP contribution is 2.26. The summed E-state index contributed by atoms with van der Waals surface area (Å²) in [5, 5.41) is 24.0. The van der Waals surface area contributed by atoms with Gasteiger partial charge in [0.15, 0.2) is 5.78 Å². The first kappa shape index (κ1) is 15.4. The third kappa shape index (κ3) is 3.55. The van der Waals surface area contributed by atoms with Crippen LogP contribution >= 0.6 is 0 Å². The first-order valence-corrected chi connectivity index (χ1v) is 6.77. The van der Waals surface area contributed by atoms with Crippen molar-refractivity contribution in [2.24, 2.45) is 0 Å². The molecule has 1 aliphatic rings. The quantitative estimate of drug-likeness (QED) is 0.660. The van der Waals surface area contributed by atoms with Crippen LogP contribution in [0.25, 0.3) is 0 Å². The minimum absolute atomic E-state index is 0.160. The number of hydrogen-bond acceptors (Lipinski definition) is 4. The van der Waals surface area contributed by atoms with Crippen molar-refractivity contribution in [1.82, 2.24) is 0 Å². The molecule has 2 aromatic carbocycles. The van der Waals surface area contributed by atoms with Crippen LogP contribution in [0.5, 0.6) is 0 Å². The maximum absolute atomic E-state index is 12.1. The van der Waals surface area contributed by atoms with E-state index in [9.17, 15) is 4.79 Å². The first-order chi connectivity index (χ1) is 10.2. The molecule has 3 N–H and O–H groups in total. The molecule has 0 spiro atoms. The third-order valence-corrected chi connectivity index (χ3v) is 3.33. The lowest BCUT2D eigenvalue weighted by atomic mass is 9.85. The maximum atomic E-state index is 12.1. The van der Waals surface area contributed by atoms with Crippen molar-refractivity contribution in [2.45, 2.75) is 12.5 Å². The van der Waals surface area contributed by atoms with Crippen LogP contribution in [0.1, 0.15) is 27.0 Å². The molecule has 0 heterocycles. The maximum Gasteiger partial charge on any atom is 0.193 e. The zero-order valence-electron chi connectivity index (χ0n) is 11.6. The summed E-state index contributed by atoms with van der Waals surface area (Å²) in [7, 11) is 0. The van der Waals surface area contributed by atoms with Gasteiger partial charge in [-0.3, -0.25) is 4.79 Å². The monoisotopic (exact) mass is 286 g/mol. The van der Waals surface area contributed by atoms with Crippen molar-refractivity contribution in [2.75, 3.05) is 13.2 Å². The Hall–Kier alpha value is -2.01. The Morgan fingerprint density at radius 2 is 1.29 bits per heavy atom. The van der Waals surface area contributed by atoms with E-state index >= 15 is 0 Å². The molecule has 0 amide bonds. The molecule has 2 aromatic rings. The van der Waals surface area contributed by atoms with Crippen LogP contribution in [0.2, 0.25) is 0 Å². The summed E-state index contributed by atoms with van der Waals surface area (Å²) >= 11 is 0. The summed E-state index contributed by atoms with van der Waals surface area (Å²) in [6, 6.07) is 15.7. The van der Waals surface area contributed by atoms with Gasteiger partial charge in [0.2, 0.25) is 0 Å². The fourth-order valence-corrected chi connectivity index (χ4v) is 2.20. The standard InChI is InChI=1S/C14H10O.C3H8O3/c15-14-12-7-3-1-5-10(12)9-11-6-2-4-8-13(11)14;4-1-3(6)2-5/h1-8H,9H2;3-6H,1-2H2. The minimum atomic E-state index is -0.954. The van der Waals surface area contributed by atoms with Gasteiger partial charge < -0.3 is 15.3 Å². The first-order valence-electron chi connectivity index (χ1n) is 6.77. The number of hydrogen-bond donors (Lipinski definition) is 3. The Morgan fingerprint density at radius 3 is 1.67 bits per heavy atom. The fraction of sp³-hybridized carbons (Fsp3) is 0.235. The second kappa shape index (κ2) is 7.13. The lowest BCUT2D eigenvalue weighted by Gasteiger charge is -2.17. The normalized spacial score (nSPS) is 12.3. The fourth-order valence-electron chi connectivity index (χ4n) is 2.20. The zero-order chi connectivity index (χ0) is 15.2. The van der Waals surface area contributed by atoms with Gasteiger partial charge in [-0.15, -0.1) is 0 Å². The lowest BCUT2D eigenvalue weighted by molar-refractivity contribution is 0.0450. The Kier molecular flexibility index (Phi) is 5.22. The van der Waals surface area contributed by atoms with E-state index in [0.717, 1.165) is 28.7 Å². The van der Waals surface area contributed by atoms with E-state index < -0.39 is 6.10 Å². The summed E-state index contributed by atoms with van der Waals surface area (Å²) in [4.78, 5) is 12.1. The number of benzene rings is 2. The smallest absolute Gasteiger partial charge is 0.193 e. The Bertz CT molecular complexity index is 570. The molecule has 0 bridgehead atoms. The summed E-state index contributed by atoms with van der Waals surface area (Å²) < 4.78 is 0. The molecule has 0 saturated heterocycles. The van der Waals surface area contributed by atoms with E-state index in [1.165, 1.54) is 0 Å². The summed E-state index contributed by atoms with van der Waals surface area (Å²) in [6.07, 6.45) is -0.0806. The SMILES string of the molecule is O=C1c2ccccc2Cc2ccccc21.OCC(O)CO. The van der Waals surface area contributed by atoms with Gasteiger partial charge in [-0.2, -0.15) is 0 Å². The Balaban J connectivity index is 0.000000232. The van der Waals surface area contributed by atoms with Crippen LogP contribution in [0.4, 0.5) is 0 Å². The van der Waals surface area contributed by atoms with E-state index in [1.54, 1.807) is 0 Å². The number of rotatable bonds is 2. The lowest BCUT2D eigenvalue weighted by Crippen LogP contribution is -2.15. The van der Waals surface area contributed by atoms with Gasteiger partial charge in [0.1, 0.15) is 6.10 Å². The molecule has 1 aliphatic carbocycles. The molecule has 110 valence electrons. The topological polar surface area (TPSA) is 77.8 Å². The van der Waals surface area contributed by atoms with E-state index in [-0.39, 0.29) is 19.0 Å². The van der Waals surface area contributed by atoms with E-state index in [1.807, 2.05) is 48.5 Å². The van der Waals surface area contributed by atoms with Gasteiger partial charge in [-0.1, -0.05) is 48.5 Å². The molecule has 4 nitrogen and oxygen atoms in total. The highest BCUT2D eigenvalue weighted by molar-refractivity contribution is 6.12. The predicted octanol–water partition coefficient (Wildman–Crippen LogP) is 1.15. The number of carbonyl (C=O) groups is 1. The second-order valence-corrected chi connectivity index (χ2v) is 4.84. The number of aliphatic hydroxyl groups excluding tert-OH is 3. The molecule has 21 heavy (non-hydrogen) atoms. The van der Waals surface area contributed by atoms with Crippen molar-refractivity contribution in [1.29, 1.82) is 0 Å². The van der Waals surface area contributed by atoms with Crippen LogP contribution in [-0.4, -0.2) is 40.4 Å². The molecule has 0 aromatic heterocycles. The molecule has 0 saturated carbocycles. The van der Waals surface area contributed by atoms with Gasteiger partial charge in [0.05, 0.1) is 13.2 Å². The highest BCUT2D eigenvalue weighted by Gasteiger charge is 2.21. The van der Waals surface area contributed by atoms with Crippen LogP contribution in [-0.2, 0) is 6.42 Å². The van der Waals surface area contributed by atoms with Crippen LogP contribution < -0.4 is 0 Å². The number of fused-ring (bicyclic) bond motifs is 2. The molecular weight excluding hydrogens is 268 g/mol. The second-order valence-electron chi connectivity index (χ2n) is 4.84. The van der Waals surface area contributed by atoms with Crippen molar-refractivity contribution in [3.8, 4) is 0 Å². The van der Waals surface area contributed by atoms with Gasteiger partial charge >= 0.3 is 0 Å². The summed E-state index contributed by atoms with van der Waals surface area (Å²) in [6.45, 7) is -0.729. The molecule has 0 unspecified atom stereocenters. The van der Waals surface area contributed by atoms with Gasteiger partial charge in [-0.25, -0.2) is 0 Å². The van der Waals surface area contributed by atoms with E-state index in [0.29, 0.717) is 0 Å². The van der Waals surface area contributed by atoms with Gasteiger partial charge in [-0.05, 0) is 17.5 Å². The average Bonchev–Trinajstić information content (AvgIpc) is 2.55. The third-order valence-electron chi connectivity index (χ3n) is 3.33. The largest absolute Gasteiger partial charge is 0.394 e. The summed E-state index contributed by atoms with van der Waals surface area (Å²) in [5.41, 5.74) is 4.00. The minimum Gasteiger partial charge on any atom is -0.394 e. The number of ketones is 1. The number of carbonyl (C=O) groups excluding carboxylic acids is 1. The molecule has 0 fully saturated rings. The van der Waals surface area contributed by atoms with Crippen molar-refractivity contribution < 1.29 is 20.1 Å². The molecule has 4 heteroatoms. The van der Waals surface area contributed by atoms with Crippen LogP contribution in [0.15, 0.2) is 48.5 Å². The molecule has 0 aliphatic heterocycles. The molecule has 3 rings (SSSR count). The molecule has 0 atom stereocenters. The average molecular weight is 286 g/mol. The predicted molar refractivity (Wildman–Crippen MR) is 79.3 cm³/mol. The van der Waals surface area contributed by atoms with Crippen molar-refractivity contribution in [3.05, 3.63) is 70.8 Å². The van der Waals surface area contributed by atoms with E-state index in [4.69, 9.17) is 15.3 Å². The van der Waals surface area contributed by atoms with Gasteiger partial charge in [0.25, 0.3) is 0 Å². The van der Waals surface area contributed by atoms with Gasteiger partial charge in [0, 0.05) is 11.1 Å². The highest BCUT2D eigenvalue weighted by atomic mass is 16.3.